The van der Waals surface area contributed by atoms with Crippen molar-refractivity contribution in [3.05, 3.63) is 46.4 Å². The first-order chi connectivity index (χ1) is 12.9. The number of carboxylic acids is 1. The summed E-state index contributed by atoms with van der Waals surface area (Å²) in [7, 11) is 0. The van der Waals surface area contributed by atoms with E-state index in [2.05, 4.69) is 4.98 Å². The van der Waals surface area contributed by atoms with E-state index in [1.807, 2.05) is 0 Å². The van der Waals surface area contributed by atoms with Gasteiger partial charge in [0.15, 0.2) is 5.15 Å². The Morgan fingerprint density at radius 1 is 1.44 bits per heavy atom. The lowest BCUT2D eigenvalue weighted by Gasteiger charge is -2.47. The molecule has 1 aromatic heterocycles. The number of carbonyl (C=O) groups excluding carboxylic acids is 2. The van der Waals surface area contributed by atoms with Crippen molar-refractivity contribution in [1.29, 1.82) is 0 Å². The molecule has 1 aromatic rings. The molecule has 2 amide bonds. The smallest absolute Gasteiger partial charge is 0.352 e. The number of halogens is 1. The van der Waals surface area contributed by atoms with Crippen LogP contribution in [0.3, 0.4) is 0 Å². The molecule has 4 heterocycles. The number of rotatable bonds is 3. The van der Waals surface area contributed by atoms with E-state index in [1.54, 1.807) is 18.2 Å². The van der Waals surface area contributed by atoms with Crippen LogP contribution in [-0.2, 0) is 14.4 Å². The zero-order valence-corrected chi connectivity index (χ0v) is 15.5. The summed E-state index contributed by atoms with van der Waals surface area (Å²) in [4.78, 5) is 43.2. The summed E-state index contributed by atoms with van der Waals surface area (Å²) in [6.45, 7) is 0.426. The van der Waals surface area contributed by atoms with Gasteiger partial charge in [-0.2, -0.15) is 0 Å². The molecule has 0 unspecified atom stereocenters. The largest absolute Gasteiger partial charge is 0.477 e. The topological polar surface area (TPSA) is 117 Å². The van der Waals surface area contributed by atoms with E-state index in [1.165, 1.54) is 27.8 Å². The second-order valence-electron chi connectivity index (χ2n) is 6.30. The summed E-state index contributed by atoms with van der Waals surface area (Å²) in [6.07, 6.45) is 3.57. The van der Waals surface area contributed by atoms with Crippen LogP contribution in [-0.4, -0.2) is 56.5 Å². The Labute approximate surface area is 163 Å². The standard InChI is InChI=1S/C17H15ClN4O4S/c18-13-10(2-1-4-20-13)21-5-3-8(14(21)23)6-9-7-27-16-11(19)15(24)22(16)12(9)17(25)26/h1-2,4,6,11,16H,3,5,7,19H2,(H,25,26)/t11-,16-/m1/s1. The lowest BCUT2D eigenvalue weighted by Crippen LogP contribution is -2.68. The summed E-state index contributed by atoms with van der Waals surface area (Å²) in [6, 6.07) is 2.71. The summed E-state index contributed by atoms with van der Waals surface area (Å²) < 4.78 is 0. The fraction of sp³-hybridized carbons (Fsp3) is 0.294. The van der Waals surface area contributed by atoms with E-state index in [4.69, 9.17) is 17.3 Å². The molecule has 140 valence electrons. The fourth-order valence-electron chi connectivity index (χ4n) is 3.42. The first-order valence-electron chi connectivity index (χ1n) is 8.20. The Hall–Kier alpha value is -2.36. The maximum atomic E-state index is 12.8. The van der Waals surface area contributed by atoms with Gasteiger partial charge in [0.1, 0.15) is 17.1 Å². The molecule has 27 heavy (non-hydrogen) atoms. The molecule has 8 nitrogen and oxygen atoms in total. The van der Waals surface area contributed by atoms with Crippen molar-refractivity contribution >= 4 is 46.8 Å². The predicted octanol–water partition coefficient (Wildman–Crippen LogP) is 0.979. The molecular formula is C17H15ClN4O4S. The van der Waals surface area contributed by atoms with E-state index in [-0.39, 0.29) is 22.1 Å². The van der Waals surface area contributed by atoms with Gasteiger partial charge in [-0.3, -0.25) is 14.5 Å². The number of carboxylic acid groups (broad SMARTS) is 1. The molecule has 2 atom stereocenters. The number of pyridine rings is 1. The van der Waals surface area contributed by atoms with E-state index in [9.17, 15) is 19.5 Å². The average Bonchev–Trinajstić information content (AvgIpc) is 3.01. The Bertz CT molecular complexity index is 931. The minimum absolute atomic E-state index is 0.0939. The van der Waals surface area contributed by atoms with Crippen LogP contribution in [0.5, 0.6) is 0 Å². The average molecular weight is 407 g/mol. The van der Waals surface area contributed by atoms with Crippen LogP contribution in [0.15, 0.2) is 41.2 Å². The third kappa shape index (κ3) is 2.82. The molecule has 0 bridgehead atoms. The van der Waals surface area contributed by atoms with Crippen molar-refractivity contribution in [2.45, 2.75) is 17.8 Å². The fourth-order valence-corrected chi connectivity index (χ4v) is 4.89. The number of nitrogens with two attached hydrogens (primary N) is 1. The number of hydrogen-bond donors (Lipinski definition) is 2. The number of allylic oxidation sites excluding steroid dienone is 1. The predicted molar refractivity (Wildman–Crippen MR) is 100 cm³/mol. The molecule has 10 heteroatoms. The summed E-state index contributed by atoms with van der Waals surface area (Å²) >= 11 is 7.47. The van der Waals surface area contributed by atoms with Gasteiger partial charge in [0.25, 0.3) is 5.91 Å². The summed E-state index contributed by atoms with van der Waals surface area (Å²) in [5.41, 5.74) is 7.08. The van der Waals surface area contributed by atoms with Gasteiger partial charge in [-0.15, -0.1) is 11.8 Å². The van der Waals surface area contributed by atoms with Crippen LogP contribution in [0.1, 0.15) is 6.42 Å². The Morgan fingerprint density at radius 3 is 2.93 bits per heavy atom. The van der Waals surface area contributed by atoms with Crippen molar-refractivity contribution in [3.8, 4) is 0 Å². The third-order valence-electron chi connectivity index (χ3n) is 4.74. The van der Waals surface area contributed by atoms with Crippen LogP contribution < -0.4 is 10.6 Å². The Balaban J connectivity index is 1.67. The molecule has 3 N–H and O–H groups in total. The molecule has 3 aliphatic rings. The lowest BCUT2D eigenvalue weighted by molar-refractivity contribution is -0.147. The Kier molecular flexibility index (Phi) is 4.45. The van der Waals surface area contributed by atoms with Crippen molar-refractivity contribution < 1.29 is 19.5 Å². The van der Waals surface area contributed by atoms with Gasteiger partial charge in [0.2, 0.25) is 5.91 Å². The highest BCUT2D eigenvalue weighted by Crippen LogP contribution is 2.40. The zero-order valence-electron chi connectivity index (χ0n) is 14.0. The first-order valence-corrected chi connectivity index (χ1v) is 9.62. The van der Waals surface area contributed by atoms with Gasteiger partial charge < -0.3 is 15.7 Å². The van der Waals surface area contributed by atoms with Gasteiger partial charge in [-0.25, -0.2) is 9.78 Å². The quantitative estimate of drug-likeness (QED) is 0.436. The minimum Gasteiger partial charge on any atom is -0.477 e. The number of carbonyl (C=O) groups is 3. The molecule has 3 aliphatic heterocycles. The third-order valence-corrected chi connectivity index (χ3v) is 6.36. The number of nitrogens with zero attached hydrogens (tertiary/aromatic N) is 3. The van der Waals surface area contributed by atoms with Gasteiger partial charge in [-0.1, -0.05) is 11.6 Å². The van der Waals surface area contributed by atoms with Crippen molar-refractivity contribution in [2.24, 2.45) is 5.73 Å². The molecule has 2 saturated heterocycles. The molecule has 4 rings (SSSR count). The maximum Gasteiger partial charge on any atom is 0.352 e. The van der Waals surface area contributed by atoms with Crippen molar-refractivity contribution in [2.75, 3.05) is 17.2 Å². The second-order valence-corrected chi connectivity index (χ2v) is 7.77. The van der Waals surface area contributed by atoms with Gasteiger partial charge in [0, 0.05) is 24.1 Å². The monoisotopic (exact) mass is 406 g/mol. The normalized spacial score (nSPS) is 26.5. The number of aliphatic carboxylic acids is 1. The van der Waals surface area contributed by atoms with Crippen LogP contribution in [0, 0.1) is 0 Å². The highest BCUT2D eigenvalue weighted by Gasteiger charge is 2.51. The van der Waals surface area contributed by atoms with Crippen molar-refractivity contribution in [1.82, 2.24) is 9.88 Å². The molecular weight excluding hydrogens is 392 g/mol. The zero-order chi connectivity index (χ0) is 19.3. The van der Waals surface area contributed by atoms with E-state index < -0.39 is 17.9 Å². The molecule has 0 aromatic carbocycles. The molecule has 0 aliphatic carbocycles. The number of fused-ring (bicyclic) bond motifs is 1. The van der Waals surface area contributed by atoms with E-state index >= 15 is 0 Å². The number of aromatic nitrogens is 1. The number of amides is 2. The molecule has 0 saturated carbocycles. The molecule has 0 radical (unpaired) electrons. The Morgan fingerprint density at radius 2 is 2.22 bits per heavy atom. The highest BCUT2D eigenvalue weighted by molar-refractivity contribution is 8.00. The SMILES string of the molecule is N[C@@H]1C(=O)N2C(C(=O)O)=C(C=C3CCN(c4cccnc4Cl)C3=O)CS[C@H]12. The lowest BCUT2D eigenvalue weighted by atomic mass is 10.0. The van der Waals surface area contributed by atoms with Crippen LogP contribution in [0.25, 0.3) is 0 Å². The second kappa shape index (κ2) is 6.66. The number of β-lactam (4-membered cyclic amide) rings is 1. The van der Waals surface area contributed by atoms with Crippen LogP contribution >= 0.6 is 23.4 Å². The number of hydrogen-bond acceptors (Lipinski definition) is 6. The van der Waals surface area contributed by atoms with Crippen LogP contribution in [0.4, 0.5) is 5.69 Å². The van der Waals surface area contributed by atoms with E-state index in [0.717, 1.165) is 0 Å². The molecule has 0 spiro atoms. The number of thioether (sulfide) groups is 1. The highest BCUT2D eigenvalue weighted by atomic mass is 35.5. The maximum absolute atomic E-state index is 12.8. The van der Waals surface area contributed by atoms with Gasteiger partial charge in [0.05, 0.1) is 5.69 Å². The summed E-state index contributed by atoms with van der Waals surface area (Å²) in [5.74, 6) is -1.50. The first kappa shape index (κ1) is 18.0. The van der Waals surface area contributed by atoms with Crippen LogP contribution in [0.2, 0.25) is 5.15 Å². The van der Waals surface area contributed by atoms with Gasteiger partial charge >= 0.3 is 5.97 Å². The minimum atomic E-state index is -1.20. The van der Waals surface area contributed by atoms with Crippen molar-refractivity contribution in [3.63, 3.8) is 0 Å². The van der Waals surface area contributed by atoms with E-state index in [0.29, 0.717) is 35.6 Å². The summed E-state index contributed by atoms with van der Waals surface area (Å²) in [5, 5.41) is 9.45. The molecule has 2 fully saturated rings. The van der Waals surface area contributed by atoms with Gasteiger partial charge in [-0.05, 0) is 30.2 Å². The number of anilines is 1.